The van der Waals surface area contributed by atoms with Gasteiger partial charge >= 0.3 is 0 Å². The van der Waals surface area contributed by atoms with Crippen molar-refractivity contribution in [3.05, 3.63) is 35.4 Å². The van der Waals surface area contributed by atoms with Crippen molar-refractivity contribution >= 4 is 0 Å². The molecular formula is C12H17N. The van der Waals surface area contributed by atoms with Gasteiger partial charge in [-0.25, -0.2) is 0 Å². The highest BCUT2D eigenvalue weighted by molar-refractivity contribution is 5.30. The molecule has 1 nitrogen and oxygen atoms in total. The zero-order chi connectivity index (χ0) is 9.26. The highest BCUT2D eigenvalue weighted by Crippen LogP contribution is 2.27. The predicted octanol–water partition coefficient (Wildman–Crippen LogP) is 2.46. The number of nitrogens with one attached hydrogen (secondary N) is 1. The van der Waals surface area contributed by atoms with Crippen LogP contribution in [-0.2, 0) is 0 Å². The summed E-state index contributed by atoms with van der Waals surface area (Å²) >= 11 is 0. The minimum atomic E-state index is 0.685. The van der Waals surface area contributed by atoms with Gasteiger partial charge in [0.05, 0.1) is 0 Å². The largest absolute Gasteiger partial charge is 0.314 e. The molecule has 1 aromatic rings. The monoisotopic (exact) mass is 175 g/mol. The van der Waals surface area contributed by atoms with Crippen LogP contribution in [0.1, 0.15) is 30.4 Å². The van der Waals surface area contributed by atoms with Crippen molar-refractivity contribution in [1.29, 1.82) is 0 Å². The van der Waals surface area contributed by atoms with E-state index in [9.17, 15) is 0 Å². The van der Waals surface area contributed by atoms with Crippen molar-refractivity contribution in [2.24, 2.45) is 0 Å². The molecule has 1 heterocycles. The maximum atomic E-state index is 3.50. The van der Waals surface area contributed by atoms with Crippen LogP contribution in [0, 0.1) is 6.92 Å². The number of hydrogen-bond acceptors (Lipinski definition) is 1. The zero-order valence-electron chi connectivity index (χ0n) is 8.38. The van der Waals surface area contributed by atoms with Gasteiger partial charge in [0.25, 0.3) is 0 Å². The highest BCUT2D eigenvalue weighted by atomic mass is 14.9. The Kier molecular flexibility index (Phi) is 2.36. The molecule has 1 fully saturated rings. The molecule has 70 valence electrons. The Morgan fingerprint density at radius 2 is 2.08 bits per heavy atom. The summed E-state index contributed by atoms with van der Waals surface area (Å²) < 4.78 is 0. The molecule has 0 spiro atoms. The molecule has 1 N–H and O–H groups in total. The standard InChI is InChI=1S/C12H17N/c1-9-5-3-4-6-12(9)11-7-10(2)13-8-11/h3-6,10-11,13H,7-8H2,1-2H3/t10-,11+/m1/s1. The molecule has 1 aliphatic rings. The van der Waals surface area contributed by atoms with Gasteiger partial charge in [-0.2, -0.15) is 0 Å². The molecule has 2 atom stereocenters. The van der Waals surface area contributed by atoms with Gasteiger partial charge < -0.3 is 5.32 Å². The molecule has 1 saturated heterocycles. The second-order valence-corrected chi connectivity index (χ2v) is 4.10. The van der Waals surface area contributed by atoms with Gasteiger partial charge in [0.15, 0.2) is 0 Å². The van der Waals surface area contributed by atoms with Crippen molar-refractivity contribution in [3.63, 3.8) is 0 Å². The molecule has 1 heteroatoms. The Bertz CT molecular complexity index is 293. The summed E-state index contributed by atoms with van der Waals surface area (Å²) in [5, 5.41) is 3.50. The van der Waals surface area contributed by atoms with E-state index in [-0.39, 0.29) is 0 Å². The first-order valence-corrected chi connectivity index (χ1v) is 5.06. The topological polar surface area (TPSA) is 12.0 Å². The molecule has 1 aromatic carbocycles. The van der Waals surface area contributed by atoms with Crippen LogP contribution in [0.4, 0.5) is 0 Å². The zero-order valence-corrected chi connectivity index (χ0v) is 8.38. The summed E-state index contributed by atoms with van der Waals surface area (Å²) in [7, 11) is 0. The Hall–Kier alpha value is -0.820. The van der Waals surface area contributed by atoms with Gasteiger partial charge in [-0.3, -0.25) is 0 Å². The smallest absolute Gasteiger partial charge is 0.00452 e. The van der Waals surface area contributed by atoms with Gasteiger partial charge in [0.1, 0.15) is 0 Å². The van der Waals surface area contributed by atoms with Crippen LogP contribution < -0.4 is 5.32 Å². The first-order chi connectivity index (χ1) is 6.27. The quantitative estimate of drug-likeness (QED) is 0.691. The summed E-state index contributed by atoms with van der Waals surface area (Å²) in [5.41, 5.74) is 2.96. The number of benzene rings is 1. The number of hydrogen-bond donors (Lipinski definition) is 1. The second kappa shape index (κ2) is 3.51. The van der Waals surface area contributed by atoms with Crippen LogP contribution in [0.3, 0.4) is 0 Å². The maximum Gasteiger partial charge on any atom is 0.00452 e. The minimum absolute atomic E-state index is 0.685. The van der Waals surface area contributed by atoms with Crippen LogP contribution in [-0.4, -0.2) is 12.6 Å². The van der Waals surface area contributed by atoms with Gasteiger partial charge in [-0.05, 0) is 37.3 Å². The molecular weight excluding hydrogens is 158 g/mol. The highest BCUT2D eigenvalue weighted by Gasteiger charge is 2.22. The third-order valence-corrected chi connectivity index (χ3v) is 2.98. The van der Waals surface area contributed by atoms with Gasteiger partial charge in [0.2, 0.25) is 0 Å². The van der Waals surface area contributed by atoms with Crippen LogP contribution >= 0.6 is 0 Å². The van der Waals surface area contributed by atoms with Crippen molar-refractivity contribution in [1.82, 2.24) is 5.32 Å². The molecule has 1 aliphatic heterocycles. The van der Waals surface area contributed by atoms with Crippen molar-refractivity contribution < 1.29 is 0 Å². The second-order valence-electron chi connectivity index (χ2n) is 4.10. The summed E-state index contributed by atoms with van der Waals surface area (Å²) in [4.78, 5) is 0. The first-order valence-electron chi connectivity index (χ1n) is 5.06. The lowest BCUT2D eigenvalue weighted by atomic mass is 9.93. The SMILES string of the molecule is Cc1ccccc1[C@@H]1CN[C@H](C)C1. The minimum Gasteiger partial charge on any atom is -0.314 e. The summed E-state index contributed by atoms with van der Waals surface area (Å²) in [6, 6.07) is 9.41. The summed E-state index contributed by atoms with van der Waals surface area (Å²) in [5.74, 6) is 0.733. The molecule has 13 heavy (non-hydrogen) atoms. The molecule has 0 amide bonds. The van der Waals surface area contributed by atoms with E-state index >= 15 is 0 Å². The van der Waals surface area contributed by atoms with Crippen molar-refractivity contribution in [3.8, 4) is 0 Å². The molecule has 0 bridgehead atoms. The van der Waals surface area contributed by atoms with E-state index in [2.05, 4.69) is 43.4 Å². The Morgan fingerprint density at radius 1 is 1.31 bits per heavy atom. The average molecular weight is 175 g/mol. The van der Waals surface area contributed by atoms with Gasteiger partial charge in [-0.15, -0.1) is 0 Å². The van der Waals surface area contributed by atoms with E-state index in [1.165, 1.54) is 17.5 Å². The molecule has 0 aliphatic carbocycles. The lowest BCUT2D eigenvalue weighted by Crippen LogP contribution is -2.16. The fourth-order valence-corrected chi connectivity index (χ4v) is 2.22. The maximum absolute atomic E-state index is 3.50. The fourth-order valence-electron chi connectivity index (χ4n) is 2.22. The van der Waals surface area contributed by atoms with E-state index in [4.69, 9.17) is 0 Å². The predicted molar refractivity (Wildman–Crippen MR) is 56.0 cm³/mol. The summed E-state index contributed by atoms with van der Waals surface area (Å²) in [6.45, 7) is 5.61. The summed E-state index contributed by atoms with van der Waals surface area (Å²) in [6.07, 6.45) is 1.28. The van der Waals surface area contributed by atoms with Crippen LogP contribution in [0.2, 0.25) is 0 Å². The fraction of sp³-hybridized carbons (Fsp3) is 0.500. The van der Waals surface area contributed by atoms with E-state index in [0.29, 0.717) is 6.04 Å². The van der Waals surface area contributed by atoms with E-state index in [1.807, 2.05) is 0 Å². The Morgan fingerprint density at radius 3 is 2.69 bits per heavy atom. The number of aryl methyl sites for hydroxylation is 1. The van der Waals surface area contributed by atoms with Crippen LogP contribution in [0.5, 0.6) is 0 Å². The van der Waals surface area contributed by atoms with Crippen molar-refractivity contribution in [2.75, 3.05) is 6.54 Å². The Balaban J connectivity index is 2.21. The lowest BCUT2D eigenvalue weighted by Gasteiger charge is -2.11. The number of rotatable bonds is 1. The van der Waals surface area contributed by atoms with Crippen LogP contribution in [0.15, 0.2) is 24.3 Å². The molecule has 0 aromatic heterocycles. The van der Waals surface area contributed by atoms with E-state index in [0.717, 1.165) is 12.5 Å². The third-order valence-electron chi connectivity index (χ3n) is 2.98. The Labute approximate surface area is 80.2 Å². The molecule has 0 radical (unpaired) electrons. The third kappa shape index (κ3) is 1.75. The van der Waals surface area contributed by atoms with E-state index in [1.54, 1.807) is 0 Å². The lowest BCUT2D eigenvalue weighted by molar-refractivity contribution is 0.658. The molecule has 2 rings (SSSR count). The van der Waals surface area contributed by atoms with Gasteiger partial charge in [0, 0.05) is 12.6 Å². The van der Waals surface area contributed by atoms with Crippen LogP contribution in [0.25, 0.3) is 0 Å². The van der Waals surface area contributed by atoms with Gasteiger partial charge in [-0.1, -0.05) is 24.3 Å². The van der Waals surface area contributed by atoms with Crippen molar-refractivity contribution in [2.45, 2.75) is 32.2 Å². The normalized spacial score (nSPS) is 27.8. The average Bonchev–Trinajstić information content (AvgIpc) is 2.53. The first kappa shape index (κ1) is 8.76. The van der Waals surface area contributed by atoms with E-state index < -0.39 is 0 Å². The molecule has 0 unspecified atom stereocenters. The molecule has 0 saturated carbocycles.